The third-order valence-corrected chi connectivity index (χ3v) is 4.64. The summed E-state index contributed by atoms with van der Waals surface area (Å²) in [6, 6.07) is 7.76. The summed E-state index contributed by atoms with van der Waals surface area (Å²) < 4.78 is 8.98. The van der Waals surface area contributed by atoms with Crippen molar-refractivity contribution in [3.63, 3.8) is 0 Å². The second kappa shape index (κ2) is 7.61. The van der Waals surface area contributed by atoms with Crippen LogP contribution in [0.1, 0.15) is 18.4 Å². The number of hydrogen-bond donors (Lipinski definition) is 0. The van der Waals surface area contributed by atoms with Crippen LogP contribution in [0.25, 0.3) is 11.2 Å². The highest BCUT2D eigenvalue weighted by atomic mass is 16.5. The molecule has 8 heteroatoms. The lowest BCUT2D eigenvalue weighted by Crippen LogP contribution is -2.37. The number of nitrogens with zero attached hydrogens (tertiary/aromatic N) is 4. The number of ketones is 1. The first-order valence-corrected chi connectivity index (χ1v) is 8.68. The van der Waals surface area contributed by atoms with Crippen molar-refractivity contribution in [2.45, 2.75) is 25.8 Å². The van der Waals surface area contributed by atoms with Crippen LogP contribution in [-0.4, -0.2) is 31.6 Å². The number of hydrogen-bond acceptors (Lipinski definition) is 5. The van der Waals surface area contributed by atoms with Gasteiger partial charge >= 0.3 is 5.69 Å². The molecule has 0 amide bonds. The number of Topliss-reactive ketones (excluding diaryl/α,β-unsaturated/α-hetero) is 1. The van der Waals surface area contributed by atoms with Gasteiger partial charge < -0.3 is 9.30 Å². The third-order valence-electron chi connectivity index (χ3n) is 4.64. The zero-order valence-corrected chi connectivity index (χ0v) is 15.6. The fourth-order valence-corrected chi connectivity index (χ4v) is 3.07. The molecule has 0 spiro atoms. The highest BCUT2D eigenvalue weighted by Gasteiger charge is 2.15. The molecule has 3 aromatic rings. The second-order valence-corrected chi connectivity index (χ2v) is 6.49. The van der Waals surface area contributed by atoms with Gasteiger partial charge in [-0.25, -0.2) is 9.78 Å². The summed E-state index contributed by atoms with van der Waals surface area (Å²) in [4.78, 5) is 40.8. The van der Waals surface area contributed by atoms with Gasteiger partial charge in [-0.15, -0.1) is 0 Å². The molecule has 0 bridgehead atoms. The first-order valence-electron chi connectivity index (χ1n) is 8.68. The van der Waals surface area contributed by atoms with E-state index in [1.807, 2.05) is 24.3 Å². The lowest BCUT2D eigenvalue weighted by molar-refractivity contribution is -0.119. The molecule has 0 radical (unpaired) electrons. The maximum atomic E-state index is 12.4. The Balaban J connectivity index is 1.67. The topological polar surface area (TPSA) is 88.1 Å². The molecule has 2 aromatic heterocycles. The van der Waals surface area contributed by atoms with E-state index in [4.69, 9.17) is 4.74 Å². The summed E-state index contributed by atoms with van der Waals surface area (Å²) in [6.45, 7) is 0.0621. The zero-order chi connectivity index (χ0) is 19.6. The van der Waals surface area contributed by atoms with Gasteiger partial charge in [-0.1, -0.05) is 12.1 Å². The number of rotatable bonds is 7. The van der Waals surface area contributed by atoms with Gasteiger partial charge in [-0.2, -0.15) is 0 Å². The fourth-order valence-electron chi connectivity index (χ4n) is 3.07. The van der Waals surface area contributed by atoms with Gasteiger partial charge in [-0.05, 0) is 30.5 Å². The zero-order valence-electron chi connectivity index (χ0n) is 15.6. The average Bonchev–Trinajstić information content (AvgIpc) is 3.08. The monoisotopic (exact) mass is 370 g/mol. The maximum Gasteiger partial charge on any atom is 0.332 e. The van der Waals surface area contributed by atoms with Crippen LogP contribution in [0.15, 0.2) is 40.2 Å². The molecule has 2 heterocycles. The van der Waals surface area contributed by atoms with E-state index >= 15 is 0 Å². The highest BCUT2D eigenvalue weighted by Crippen LogP contribution is 2.13. The van der Waals surface area contributed by atoms with Crippen molar-refractivity contribution in [2.75, 3.05) is 7.11 Å². The van der Waals surface area contributed by atoms with Crippen molar-refractivity contribution in [2.24, 2.45) is 14.1 Å². The Bertz CT molecular complexity index is 1090. The molecule has 142 valence electrons. The van der Waals surface area contributed by atoms with Crippen molar-refractivity contribution in [1.29, 1.82) is 0 Å². The standard InChI is InChI=1S/C19H22N4O4/c1-21-17-16(18(25)22(2)19(21)26)23(12-20-17)11-14(24)6-4-5-13-7-9-15(27-3)10-8-13/h7-10,12H,4-6,11H2,1-3H3. The molecule has 8 nitrogen and oxygen atoms in total. The molecule has 0 saturated heterocycles. The molecule has 0 aliphatic heterocycles. The summed E-state index contributed by atoms with van der Waals surface area (Å²) >= 11 is 0. The fraction of sp³-hybridized carbons (Fsp3) is 0.368. The molecule has 27 heavy (non-hydrogen) atoms. The number of ether oxygens (including phenoxy) is 1. The Kier molecular flexibility index (Phi) is 5.25. The van der Waals surface area contributed by atoms with Gasteiger partial charge in [0.1, 0.15) is 5.75 Å². The van der Waals surface area contributed by atoms with Crippen molar-refractivity contribution >= 4 is 16.9 Å². The van der Waals surface area contributed by atoms with Crippen molar-refractivity contribution in [3.05, 3.63) is 57.0 Å². The van der Waals surface area contributed by atoms with E-state index in [9.17, 15) is 14.4 Å². The number of aromatic nitrogens is 4. The predicted octanol–water partition coefficient (Wildman–Crippen LogP) is 1.03. The first kappa shape index (κ1) is 18.6. The molecule has 0 saturated carbocycles. The summed E-state index contributed by atoms with van der Waals surface area (Å²) in [5, 5.41) is 0. The van der Waals surface area contributed by atoms with Crippen LogP contribution >= 0.6 is 0 Å². The Hall–Kier alpha value is -3.16. The Morgan fingerprint density at radius 2 is 1.81 bits per heavy atom. The normalized spacial score (nSPS) is 11.1. The maximum absolute atomic E-state index is 12.4. The van der Waals surface area contributed by atoms with E-state index in [1.54, 1.807) is 14.2 Å². The molecule has 0 fully saturated rings. The van der Waals surface area contributed by atoms with Gasteiger partial charge in [-0.3, -0.25) is 18.7 Å². The lowest BCUT2D eigenvalue weighted by Gasteiger charge is -2.07. The van der Waals surface area contributed by atoms with E-state index in [2.05, 4.69) is 4.98 Å². The van der Waals surface area contributed by atoms with Gasteiger partial charge in [0.15, 0.2) is 16.9 Å². The number of aryl methyl sites for hydroxylation is 2. The van der Waals surface area contributed by atoms with Gasteiger partial charge in [0.25, 0.3) is 5.56 Å². The van der Waals surface area contributed by atoms with Crippen molar-refractivity contribution in [3.8, 4) is 5.75 Å². The quantitative estimate of drug-likeness (QED) is 0.620. The van der Waals surface area contributed by atoms with Crippen LogP contribution in [0, 0.1) is 0 Å². The van der Waals surface area contributed by atoms with Crippen LogP contribution in [0.4, 0.5) is 0 Å². The summed E-state index contributed by atoms with van der Waals surface area (Å²) in [5.74, 6) is 0.816. The Morgan fingerprint density at radius 3 is 2.48 bits per heavy atom. The Labute approximate surface area is 155 Å². The molecule has 3 rings (SSSR count). The number of imidazole rings is 1. The van der Waals surface area contributed by atoms with Crippen molar-refractivity contribution in [1.82, 2.24) is 18.7 Å². The molecule has 0 unspecified atom stereocenters. The van der Waals surface area contributed by atoms with E-state index in [0.717, 1.165) is 22.3 Å². The van der Waals surface area contributed by atoms with Crippen LogP contribution in [0.2, 0.25) is 0 Å². The number of methoxy groups -OCH3 is 1. The molecule has 0 aliphatic rings. The van der Waals surface area contributed by atoms with Crippen molar-refractivity contribution < 1.29 is 9.53 Å². The number of fused-ring (bicyclic) bond motifs is 1. The second-order valence-electron chi connectivity index (χ2n) is 6.49. The van der Waals surface area contributed by atoms with E-state index in [1.165, 1.54) is 22.5 Å². The molecule has 1 aromatic carbocycles. The molecule has 0 aliphatic carbocycles. The third kappa shape index (κ3) is 3.69. The first-order chi connectivity index (χ1) is 12.9. The minimum Gasteiger partial charge on any atom is -0.497 e. The molecular weight excluding hydrogens is 348 g/mol. The van der Waals surface area contributed by atoms with E-state index < -0.39 is 11.2 Å². The SMILES string of the molecule is COc1ccc(CCCC(=O)Cn2cnc3c2c(=O)n(C)c(=O)n3C)cc1. The van der Waals surface area contributed by atoms with E-state index in [0.29, 0.717) is 12.8 Å². The van der Waals surface area contributed by atoms with Gasteiger partial charge in [0, 0.05) is 20.5 Å². The highest BCUT2D eigenvalue weighted by molar-refractivity contribution is 5.80. The van der Waals surface area contributed by atoms with Crippen LogP contribution < -0.4 is 16.0 Å². The molecular formula is C19H22N4O4. The van der Waals surface area contributed by atoms with Crippen LogP contribution in [-0.2, 0) is 31.9 Å². The largest absolute Gasteiger partial charge is 0.497 e. The average molecular weight is 370 g/mol. The summed E-state index contributed by atoms with van der Waals surface area (Å²) in [6.07, 6.45) is 3.34. The Morgan fingerprint density at radius 1 is 1.11 bits per heavy atom. The van der Waals surface area contributed by atoms with Gasteiger partial charge in [0.05, 0.1) is 20.0 Å². The van der Waals surface area contributed by atoms with E-state index in [-0.39, 0.29) is 23.5 Å². The van der Waals surface area contributed by atoms with Crippen LogP contribution in [0.3, 0.4) is 0 Å². The smallest absolute Gasteiger partial charge is 0.332 e. The minimum atomic E-state index is -0.448. The summed E-state index contributed by atoms with van der Waals surface area (Å²) in [5.41, 5.74) is 0.804. The number of carbonyl (C=O) groups excluding carboxylic acids is 1. The minimum absolute atomic E-state index is 0.0127. The number of benzene rings is 1. The molecule has 0 N–H and O–H groups in total. The van der Waals surface area contributed by atoms with Gasteiger partial charge in [0.2, 0.25) is 0 Å². The lowest BCUT2D eigenvalue weighted by atomic mass is 10.1. The van der Waals surface area contributed by atoms with Crippen LogP contribution in [0.5, 0.6) is 5.75 Å². The molecule has 0 atom stereocenters. The predicted molar refractivity (Wildman–Crippen MR) is 101 cm³/mol. The number of carbonyl (C=O) groups is 1. The summed E-state index contributed by atoms with van der Waals surface area (Å²) in [7, 11) is 4.59.